The molecule has 1 atom stereocenters. The van der Waals surface area contributed by atoms with E-state index in [4.69, 9.17) is 27.9 Å². The molecule has 0 aliphatic carbocycles. The molecule has 4 nitrogen and oxygen atoms in total. The first-order chi connectivity index (χ1) is 10.5. The smallest absolute Gasteiger partial charge is 0.266 e. The van der Waals surface area contributed by atoms with E-state index in [9.17, 15) is 4.79 Å². The summed E-state index contributed by atoms with van der Waals surface area (Å²) in [6, 6.07) is 8.57. The molecule has 0 bridgehead atoms. The fraction of sp³-hybridized carbons (Fsp3) is 0.250. The molecule has 0 fully saturated rings. The predicted octanol–water partition coefficient (Wildman–Crippen LogP) is 4.49. The number of amides is 1. The lowest BCUT2D eigenvalue weighted by atomic mass is 10.2. The molecule has 1 aromatic heterocycles. The number of carbonyl (C=O) groups excluding carboxylic acids is 1. The minimum atomic E-state index is -0.667. The molecule has 0 saturated carbocycles. The monoisotopic (exact) mass is 338 g/mol. The van der Waals surface area contributed by atoms with Gasteiger partial charge in [0.05, 0.1) is 5.02 Å². The Morgan fingerprint density at radius 2 is 2.14 bits per heavy atom. The number of aromatic nitrogens is 1. The Balaban J connectivity index is 2.11. The van der Waals surface area contributed by atoms with Crippen LogP contribution in [0, 0.1) is 6.92 Å². The Kier molecular flexibility index (Phi) is 5.63. The first-order valence-corrected chi connectivity index (χ1v) is 7.61. The van der Waals surface area contributed by atoms with Crippen LogP contribution in [0.3, 0.4) is 0 Å². The van der Waals surface area contributed by atoms with Gasteiger partial charge in [-0.2, -0.15) is 0 Å². The molecule has 2 rings (SSSR count). The van der Waals surface area contributed by atoms with Crippen molar-refractivity contribution < 1.29 is 9.53 Å². The van der Waals surface area contributed by atoms with E-state index in [0.29, 0.717) is 28.0 Å². The van der Waals surface area contributed by atoms with Crippen LogP contribution < -0.4 is 10.1 Å². The molecule has 2 aromatic rings. The van der Waals surface area contributed by atoms with Gasteiger partial charge < -0.3 is 10.1 Å². The highest BCUT2D eigenvalue weighted by Crippen LogP contribution is 2.28. The van der Waals surface area contributed by atoms with Gasteiger partial charge in [0.15, 0.2) is 6.10 Å². The van der Waals surface area contributed by atoms with E-state index in [-0.39, 0.29) is 5.91 Å². The number of anilines is 1. The third kappa shape index (κ3) is 4.12. The molecule has 22 heavy (non-hydrogen) atoms. The third-order valence-corrected chi connectivity index (χ3v) is 3.61. The molecule has 116 valence electrons. The molecule has 0 aliphatic heterocycles. The van der Waals surface area contributed by atoms with Crippen LogP contribution in [-0.4, -0.2) is 17.0 Å². The third-order valence-electron chi connectivity index (χ3n) is 3.08. The lowest BCUT2D eigenvalue weighted by Crippen LogP contribution is -2.33. The van der Waals surface area contributed by atoms with Crippen molar-refractivity contribution in [3.63, 3.8) is 0 Å². The molecular formula is C16H16Cl2N2O2. The highest BCUT2D eigenvalue weighted by Gasteiger charge is 2.20. The SMILES string of the molecule is CCC(Oc1ccc(Cl)cc1Cl)C(=O)Nc1ncccc1C. The van der Waals surface area contributed by atoms with E-state index >= 15 is 0 Å². The lowest BCUT2D eigenvalue weighted by Gasteiger charge is -2.18. The van der Waals surface area contributed by atoms with Crippen molar-refractivity contribution in [3.8, 4) is 5.75 Å². The average Bonchev–Trinajstić information content (AvgIpc) is 2.49. The van der Waals surface area contributed by atoms with Gasteiger partial charge in [0.1, 0.15) is 11.6 Å². The van der Waals surface area contributed by atoms with Crippen LogP contribution in [-0.2, 0) is 4.79 Å². The summed E-state index contributed by atoms with van der Waals surface area (Å²) < 4.78 is 5.69. The zero-order valence-corrected chi connectivity index (χ0v) is 13.8. The summed E-state index contributed by atoms with van der Waals surface area (Å²) in [5.41, 5.74) is 0.884. The number of nitrogens with zero attached hydrogens (tertiary/aromatic N) is 1. The molecule has 1 N–H and O–H groups in total. The van der Waals surface area contributed by atoms with Crippen LogP contribution in [0.15, 0.2) is 36.5 Å². The minimum Gasteiger partial charge on any atom is -0.479 e. The quantitative estimate of drug-likeness (QED) is 0.873. The highest BCUT2D eigenvalue weighted by atomic mass is 35.5. The standard InChI is InChI=1S/C16H16Cl2N2O2/c1-3-13(22-14-7-6-11(17)9-12(14)18)16(21)20-15-10(2)5-4-8-19-15/h4-9,13H,3H2,1-2H3,(H,19,20,21). The average molecular weight is 339 g/mol. The number of pyridine rings is 1. The number of nitrogens with one attached hydrogen (secondary N) is 1. The van der Waals surface area contributed by atoms with Crippen molar-refractivity contribution in [3.05, 3.63) is 52.1 Å². The second-order valence-corrected chi connectivity index (χ2v) is 5.59. The maximum Gasteiger partial charge on any atom is 0.266 e. The van der Waals surface area contributed by atoms with Crippen LogP contribution in [0.5, 0.6) is 5.75 Å². The summed E-state index contributed by atoms with van der Waals surface area (Å²) in [5, 5.41) is 3.65. The second kappa shape index (κ2) is 7.47. The van der Waals surface area contributed by atoms with Gasteiger partial charge in [0, 0.05) is 11.2 Å². The van der Waals surface area contributed by atoms with Gasteiger partial charge in [0.2, 0.25) is 0 Å². The summed E-state index contributed by atoms with van der Waals surface area (Å²) in [6.07, 6.45) is 1.46. The van der Waals surface area contributed by atoms with Crippen LogP contribution in [0.2, 0.25) is 10.0 Å². The largest absolute Gasteiger partial charge is 0.479 e. The van der Waals surface area contributed by atoms with Gasteiger partial charge in [0.25, 0.3) is 5.91 Å². The molecule has 1 heterocycles. The lowest BCUT2D eigenvalue weighted by molar-refractivity contribution is -0.122. The summed E-state index contributed by atoms with van der Waals surface area (Å²) in [6.45, 7) is 3.74. The maximum absolute atomic E-state index is 12.3. The second-order valence-electron chi connectivity index (χ2n) is 4.75. The van der Waals surface area contributed by atoms with Gasteiger partial charge in [-0.15, -0.1) is 0 Å². The number of rotatable bonds is 5. The Morgan fingerprint density at radius 3 is 2.77 bits per heavy atom. The molecule has 1 aromatic carbocycles. The molecule has 1 unspecified atom stereocenters. The van der Waals surface area contributed by atoms with E-state index in [0.717, 1.165) is 5.56 Å². The van der Waals surface area contributed by atoms with E-state index in [1.165, 1.54) is 0 Å². The van der Waals surface area contributed by atoms with Crippen molar-refractivity contribution in [1.82, 2.24) is 4.98 Å². The van der Waals surface area contributed by atoms with Crippen LogP contribution in [0.25, 0.3) is 0 Å². The summed E-state index contributed by atoms with van der Waals surface area (Å²) >= 11 is 11.9. The number of halogens is 2. The van der Waals surface area contributed by atoms with Gasteiger partial charge in [-0.3, -0.25) is 4.79 Å². The molecule has 0 radical (unpaired) electrons. The van der Waals surface area contributed by atoms with E-state index in [2.05, 4.69) is 10.3 Å². The molecule has 6 heteroatoms. The van der Waals surface area contributed by atoms with Gasteiger partial charge in [-0.1, -0.05) is 36.2 Å². The fourth-order valence-electron chi connectivity index (χ4n) is 1.86. The number of carbonyl (C=O) groups is 1. The van der Waals surface area contributed by atoms with Gasteiger partial charge >= 0.3 is 0 Å². The zero-order valence-electron chi connectivity index (χ0n) is 12.3. The van der Waals surface area contributed by atoms with E-state index in [1.54, 1.807) is 24.4 Å². The fourth-order valence-corrected chi connectivity index (χ4v) is 2.31. The molecule has 1 amide bonds. The van der Waals surface area contributed by atoms with E-state index < -0.39 is 6.10 Å². The van der Waals surface area contributed by atoms with Crippen molar-refractivity contribution in [1.29, 1.82) is 0 Å². The number of hydrogen-bond donors (Lipinski definition) is 1. The molecule has 0 spiro atoms. The Morgan fingerprint density at radius 1 is 1.36 bits per heavy atom. The van der Waals surface area contributed by atoms with E-state index in [1.807, 2.05) is 26.0 Å². The van der Waals surface area contributed by atoms with Crippen molar-refractivity contribution in [2.45, 2.75) is 26.4 Å². The first-order valence-electron chi connectivity index (χ1n) is 6.85. The highest BCUT2D eigenvalue weighted by molar-refractivity contribution is 6.35. The summed E-state index contributed by atoms with van der Waals surface area (Å²) in [5.74, 6) is 0.679. The van der Waals surface area contributed by atoms with Crippen LogP contribution in [0.1, 0.15) is 18.9 Å². The van der Waals surface area contributed by atoms with Crippen LogP contribution in [0.4, 0.5) is 5.82 Å². The number of benzene rings is 1. The zero-order chi connectivity index (χ0) is 16.1. The van der Waals surface area contributed by atoms with Crippen molar-refractivity contribution in [2.24, 2.45) is 0 Å². The van der Waals surface area contributed by atoms with Crippen LogP contribution >= 0.6 is 23.2 Å². The minimum absolute atomic E-state index is 0.268. The molecule has 0 aliphatic rings. The topological polar surface area (TPSA) is 51.2 Å². The number of ether oxygens (including phenoxy) is 1. The first kappa shape index (κ1) is 16.6. The maximum atomic E-state index is 12.3. The number of aryl methyl sites for hydroxylation is 1. The van der Waals surface area contributed by atoms with Gasteiger partial charge in [-0.05, 0) is 43.2 Å². The predicted molar refractivity (Wildman–Crippen MR) is 88.8 cm³/mol. The normalized spacial score (nSPS) is 11.8. The van der Waals surface area contributed by atoms with Crippen molar-refractivity contribution in [2.75, 3.05) is 5.32 Å². The van der Waals surface area contributed by atoms with Crippen molar-refractivity contribution >= 4 is 34.9 Å². The molecule has 0 saturated heterocycles. The Labute approximate surface area is 139 Å². The Bertz CT molecular complexity index is 677. The number of hydrogen-bond acceptors (Lipinski definition) is 3. The molecular weight excluding hydrogens is 323 g/mol. The Hall–Kier alpha value is -1.78. The summed E-state index contributed by atoms with van der Waals surface area (Å²) in [4.78, 5) is 16.5. The summed E-state index contributed by atoms with van der Waals surface area (Å²) in [7, 11) is 0. The van der Waals surface area contributed by atoms with Gasteiger partial charge in [-0.25, -0.2) is 4.98 Å².